The van der Waals surface area contributed by atoms with Crippen molar-refractivity contribution < 1.29 is 58.1 Å². The van der Waals surface area contributed by atoms with Crippen molar-refractivity contribution in [3.05, 3.63) is 12.2 Å². The molecule has 8 fully saturated rings. The summed E-state index contributed by atoms with van der Waals surface area (Å²) in [6.45, 7) is 4.84. The number of aliphatic hydroxyl groups is 2. The zero-order valence-electron chi connectivity index (χ0n) is 22.2. The van der Waals surface area contributed by atoms with Crippen molar-refractivity contribution in [3.8, 4) is 0 Å². The highest BCUT2D eigenvalue weighted by Crippen LogP contribution is 2.75. The lowest BCUT2D eigenvalue weighted by molar-refractivity contribution is -0.441. The molecule has 10 rings (SSSR count). The van der Waals surface area contributed by atoms with Gasteiger partial charge in [-0.25, -0.2) is 14.6 Å². The van der Waals surface area contributed by atoms with Crippen LogP contribution >= 0.6 is 0 Å². The van der Waals surface area contributed by atoms with Crippen LogP contribution in [0.4, 0.5) is 0 Å². The fourth-order valence-electron chi connectivity index (χ4n) is 10.9. The third-order valence-electron chi connectivity index (χ3n) is 12.9. The maximum atomic E-state index is 15.0. The largest absolute Gasteiger partial charge is 0.458 e. The van der Waals surface area contributed by atoms with Crippen molar-refractivity contribution in [1.82, 2.24) is 0 Å². The molecule has 0 unspecified atom stereocenters. The molecule has 0 amide bonds. The third kappa shape index (κ3) is 1.96. The van der Waals surface area contributed by atoms with Crippen LogP contribution in [0.1, 0.15) is 46.5 Å². The average molecular weight is 559 g/mol. The maximum Gasteiger partial charge on any atom is 0.342 e. The second-order valence-electron chi connectivity index (χ2n) is 14.0. The number of hydrogen-bond acceptors (Lipinski definition) is 12. The quantitative estimate of drug-likeness (QED) is 0.226. The molecule has 0 aromatic heterocycles. The minimum Gasteiger partial charge on any atom is -0.458 e. The molecule has 3 spiro atoms. The standard InChI is InChI=1S/C28H30O12/c1-22-9-16-24(3)28-17(22)19(31)27(39-28,35-10-13(22)20(32)36-16)12-8-15(29)26-7-5-14(38-40-26)18(30)23(26,2)11(12)4-6-25(28,34)21(33)37-24/h5,7,11-17,29,34H,4,6,8-10H2,1-3H3/t11-,12+,13-,14-,15-,16+,17-,22+,23-,24-,25+,26-,27+,28-/m0/s1. The molecule has 7 heterocycles. The molecule has 40 heavy (non-hydrogen) atoms. The minimum absolute atomic E-state index is 0.0559. The van der Waals surface area contributed by atoms with Crippen LogP contribution in [0.25, 0.3) is 0 Å². The average Bonchev–Trinajstić information content (AvgIpc) is 3.23. The molecule has 7 aliphatic heterocycles. The van der Waals surface area contributed by atoms with Crippen molar-refractivity contribution >= 4 is 23.5 Å². The molecule has 12 heteroatoms. The van der Waals surface area contributed by atoms with Crippen LogP contribution in [0.15, 0.2) is 12.2 Å². The first-order valence-corrected chi connectivity index (χ1v) is 14.1. The van der Waals surface area contributed by atoms with E-state index >= 15 is 0 Å². The van der Waals surface area contributed by atoms with E-state index in [1.165, 1.54) is 0 Å². The zero-order valence-corrected chi connectivity index (χ0v) is 22.2. The molecule has 14 atom stereocenters. The van der Waals surface area contributed by atoms with Crippen molar-refractivity contribution in [1.29, 1.82) is 0 Å². The summed E-state index contributed by atoms with van der Waals surface area (Å²) in [7, 11) is 0. The molecule has 0 aromatic rings. The smallest absolute Gasteiger partial charge is 0.342 e. The summed E-state index contributed by atoms with van der Waals surface area (Å²) < 4.78 is 25.1. The summed E-state index contributed by atoms with van der Waals surface area (Å²) in [4.78, 5) is 67.1. The maximum absolute atomic E-state index is 15.0. The van der Waals surface area contributed by atoms with Gasteiger partial charge in [0.25, 0.3) is 0 Å². The highest BCUT2D eigenvalue weighted by molar-refractivity contribution is 6.00. The predicted molar refractivity (Wildman–Crippen MR) is 124 cm³/mol. The summed E-state index contributed by atoms with van der Waals surface area (Å²) in [5.41, 5.74) is -9.90. The summed E-state index contributed by atoms with van der Waals surface area (Å²) in [5, 5.41) is 24.1. The van der Waals surface area contributed by atoms with E-state index in [-0.39, 0.29) is 38.1 Å². The second-order valence-corrected chi connectivity index (χ2v) is 14.0. The van der Waals surface area contributed by atoms with E-state index in [1.807, 2.05) is 0 Å². The van der Waals surface area contributed by atoms with Crippen LogP contribution in [-0.4, -0.2) is 86.8 Å². The van der Waals surface area contributed by atoms with Crippen molar-refractivity contribution in [2.24, 2.45) is 34.5 Å². The molecule has 0 aromatic carbocycles. The van der Waals surface area contributed by atoms with Gasteiger partial charge in [-0.05, 0) is 63.0 Å². The van der Waals surface area contributed by atoms with E-state index in [1.54, 1.807) is 32.9 Å². The molecular weight excluding hydrogens is 528 g/mol. The molecule has 2 N–H and O–H groups in total. The van der Waals surface area contributed by atoms with E-state index < -0.39 is 98.7 Å². The lowest BCUT2D eigenvalue weighted by Crippen LogP contribution is -2.80. The fourth-order valence-corrected chi connectivity index (χ4v) is 10.9. The normalized spacial score (nSPS) is 63.7. The Morgan fingerprint density at radius 1 is 1.05 bits per heavy atom. The van der Waals surface area contributed by atoms with Gasteiger partial charge in [0.05, 0.1) is 30.0 Å². The van der Waals surface area contributed by atoms with Crippen LogP contribution in [0, 0.1) is 34.5 Å². The molecule has 10 aliphatic rings. The molecule has 214 valence electrons. The summed E-state index contributed by atoms with van der Waals surface area (Å²) in [6.07, 6.45) is 0.0468. The Labute approximate surface area is 228 Å². The molecule has 6 saturated heterocycles. The molecule has 7 bridgehead atoms. The van der Waals surface area contributed by atoms with E-state index in [0.717, 1.165) is 0 Å². The highest BCUT2D eigenvalue weighted by Gasteiger charge is 2.93. The van der Waals surface area contributed by atoms with Crippen molar-refractivity contribution in [2.75, 3.05) is 6.61 Å². The number of carbonyl (C=O) groups is 4. The fraction of sp³-hybridized carbons (Fsp3) is 0.786. The van der Waals surface area contributed by atoms with Gasteiger partial charge in [0.2, 0.25) is 5.79 Å². The van der Waals surface area contributed by atoms with Crippen LogP contribution in [0.2, 0.25) is 0 Å². The van der Waals surface area contributed by atoms with Gasteiger partial charge < -0.3 is 29.2 Å². The summed E-state index contributed by atoms with van der Waals surface area (Å²) in [6, 6.07) is 0. The topological polar surface area (TPSA) is 164 Å². The van der Waals surface area contributed by atoms with Crippen LogP contribution in [0.5, 0.6) is 0 Å². The Morgan fingerprint density at radius 2 is 1.82 bits per heavy atom. The van der Waals surface area contributed by atoms with E-state index in [2.05, 4.69) is 0 Å². The number of esters is 2. The molecular formula is C28H30O12. The molecule has 2 saturated carbocycles. The van der Waals surface area contributed by atoms with Crippen LogP contribution in [0.3, 0.4) is 0 Å². The minimum atomic E-state index is -2.30. The number of ether oxygens (including phenoxy) is 4. The number of ketones is 2. The van der Waals surface area contributed by atoms with E-state index in [9.17, 15) is 29.4 Å². The SMILES string of the molecule is C[C@@]12C[C@H]3OC(=O)[C@@H]1CO[C@]14O[C@]5([C@H]2C1=O)[C@@](O)(CC[C@H]1[C@H]4C[C@H](O)[C@]24C=C[C@H](OO2)C(=O)[C@]14C)C(=O)O[C@@]35C. The number of fused-ring (bicyclic) bond motifs is 4. The number of rotatable bonds is 0. The Hall–Kier alpha value is -2.22. The highest BCUT2D eigenvalue weighted by atomic mass is 17.2. The van der Waals surface area contributed by atoms with Gasteiger partial charge in [-0.15, -0.1) is 0 Å². The molecule has 12 nitrogen and oxygen atoms in total. The van der Waals surface area contributed by atoms with Gasteiger partial charge in [-0.1, -0.05) is 6.92 Å². The first-order chi connectivity index (χ1) is 18.8. The summed E-state index contributed by atoms with van der Waals surface area (Å²) >= 11 is 0. The predicted octanol–water partition coefficient (Wildman–Crippen LogP) is -0.329. The van der Waals surface area contributed by atoms with Crippen molar-refractivity contribution in [2.45, 2.75) is 93.0 Å². The van der Waals surface area contributed by atoms with Crippen molar-refractivity contribution in [3.63, 3.8) is 0 Å². The summed E-state index contributed by atoms with van der Waals surface area (Å²) in [5.74, 6) is -8.03. The Kier molecular flexibility index (Phi) is 3.90. The molecule has 3 aliphatic carbocycles. The number of Topliss-reactive ketones (excluding diaryl/α,β-unsaturated/α-hetero) is 2. The van der Waals surface area contributed by atoms with Crippen LogP contribution < -0.4 is 0 Å². The number of carbonyl (C=O) groups excluding carboxylic acids is 4. The first-order valence-electron chi connectivity index (χ1n) is 14.1. The lowest BCUT2D eigenvalue weighted by atomic mass is 9.46. The van der Waals surface area contributed by atoms with Gasteiger partial charge in [0, 0.05) is 5.92 Å². The number of aliphatic hydroxyl groups excluding tert-OH is 1. The van der Waals surface area contributed by atoms with Crippen LogP contribution in [-0.2, 0) is 47.9 Å². The third-order valence-corrected chi connectivity index (χ3v) is 12.9. The van der Waals surface area contributed by atoms with Gasteiger partial charge >= 0.3 is 11.9 Å². The Bertz CT molecular complexity index is 1390. The first kappa shape index (κ1) is 24.4. The zero-order chi connectivity index (χ0) is 28.0. The molecule has 0 radical (unpaired) electrons. The Morgan fingerprint density at radius 3 is 2.55 bits per heavy atom. The van der Waals surface area contributed by atoms with Gasteiger partial charge in [-0.3, -0.25) is 14.4 Å². The monoisotopic (exact) mass is 558 g/mol. The van der Waals surface area contributed by atoms with Gasteiger partial charge in [-0.2, -0.15) is 0 Å². The number of hydrogen-bond donors (Lipinski definition) is 2. The van der Waals surface area contributed by atoms with Gasteiger partial charge in [0.15, 0.2) is 40.1 Å². The second kappa shape index (κ2) is 6.40. The van der Waals surface area contributed by atoms with E-state index in [0.29, 0.717) is 0 Å². The van der Waals surface area contributed by atoms with Gasteiger partial charge in [0.1, 0.15) is 6.10 Å². The van der Waals surface area contributed by atoms with E-state index in [4.69, 9.17) is 28.7 Å². The Balaban J connectivity index is 1.33. The lowest BCUT2D eigenvalue weighted by Gasteiger charge is -2.65.